The van der Waals surface area contributed by atoms with E-state index in [-0.39, 0.29) is 16.2 Å². The number of H-pyrrole nitrogens is 1. The lowest BCUT2D eigenvalue weighted by Gasteiger charge is -2.04. The number of carbonyl (C=O) groups is 1. The molecule has 1 heterocycles. The Hall–Kier alpha value is -2.74. The third-order valence-corrected chi connectivity index (χ3v) is 3.10. The fourth-order valence-corrected chi connectivity index (χ4v) is 1.73. The number of hydrogen-bond donors (Lipinski definition) is 3. The van der Waals surface area contributed by atoms with Gasteiger partial charge in [0.2, 0.25) is 5.88 Å². The topological polar surface area (TPSA) is 99.5 Å². The van der Waals surface area contributed by atoms with Crippen LogP contribution in [0.3, 0.4) is 0 Å². The van der Waals surface area contributed by atoms with E-state index >= 15 is 0 Å². The third-order valence-electron chi connectivity index (χ3n) is 2.72. The van der Waals surface area contributed by atoms with Gasteiger partial charge in [0.25, 0.3) is 11.5 Å². The van der Waals surface area contributed by atoms with Gasteiger partial charge < -0.3 is 5.11 Å². The maximum atomic E-state index is 11.7. The Balaban J connectivity index is 2.20. The van der Waals surface area contributed by atoms with Crippen molar-refractivity contribution in [2.45, 2.75) is 0 Å². The summed E-state index contributed by atoms with van der Waals surface area (Å²) in [5, 5.41) is 13.5. The second-order valence-electron chi connectivity index (χ2n) is 4.12. The van der Waals surface area contributed by atoms with Gasteiger partial charge in [0.15, 0.2) is 4.77 Å². The van der Waals surface area contributed by atoms with Gasteiger partial charge in [-0.2, -0.15) is 5.10 Å². The lowest BCUT2D eigenvalue weighted by molar-refractivity contribution is 0.0955. The molecule has 2 rings (SSSR count). The van der Waals surface area contributed by atoms with Crippen LogP contribution in [0.25, 0.3) is 0 Å². The molecule has 8 heteroatoms. The highest BCUT2D eigenvalue weighted by molar-refractivity contribution is 7.71. The molecular formula is C13H12N4O3S. The predicted molar refractivity (Wildman–Crippen MR) is 80.0 cm³/mol. The largest absolute Gasteiger partial charge is 0.494 e. The van der Waals surface area contributed by atoms with Crippen LogP contribution in [-0.2, 0) is 7.05 Å². The average Bonchev–Trinajstić information content (AvgIpc) is 2.49. The number of amides is 1. The molecule has 0 unspecified atom stereocenters. The molecule has 21 heavy (non-hydrogen) atoms. The van der Waals surface area contributed by atoms with Crippen molar-refractivity contribution in [3.8, 4) is 5.88 Å². The van der Waals surface area contributed by atoms with E-state index in [2.05, 4.69) is 15.5 Å². The van der Waals surface area contributed by atoms with Crippen LogP contribution >= 0.6 is 12.2 Å². The average molecular weight is 304 g/mol. The number of aromatic hydroxyl groups is 1. The summed E-state index contributed by atoms with van der Waals surface area (Å²) in [7, 11) is 1.49. The van der Waals surface area contributed by atoms with Gasteiger partial charge in [-0.05, 0) is 24.4 Å². The maximum Gasteiger partial charge on any atom is 0.271 e. The summed E-state index contributed by atoms with van der Waals surface area (Å²) in [6.07, 6.45) is 1.06. The molecule has 1 aromatic carbocycles. The zero-order chi connectivity index (χ0) is 15.4. The number of aromatic amines is 1. The number of hydrazone groups is 1. The van der Waals surface area contributed by atoms with Crippen molar-refractivity contribution in [2.24, 2.45) is 12.1 Å². The number of aromatic nitrogens is 2. The number of hydrogen-bond acceptors (Lipinski definition) is 5. The maximum absolute atomic E-state index is 11.7. The van der Waals surface area contributed by atoms with Crippen LogP contribution in [0.4, 0.5) is 0 Å². The summed E-state index contributed by atoms with van der Waals surface area (Å²) in [4.78, 5) is 25.8. The molecule has 0 atom stereocenters. The van der Waals surface area contributed by atoms with Crippen LogP contribution in [0.1, 0.15) is 15.9 Å². The van der Waals surface area contributed by atoms with Crippen LogP contribution in [0.15, 0.2) is 40.2 Å². The summed E-state index contributed by atoms with van der Waals surface area (Å²) in [5.41, 5.74) is 2.01. The van der Waals surface area contributed by atoms with Crippen LogP contribution in [0.5, 0.6) is 5.88 Å². The molecule has 0 fully saturated rings. The molecule has 3 N–H and O–H groups in total. The van der Waals surface area contributed by atoms with Crippen molar-refractivity contribution in [3.05, 3.63) is 56.6 Å². The van der Waals surface area contributed by atoms with Crippen molar-refractivity contribution < 1.29 is 9.90 Å². The molecule has 0 aliphatic rings. The third kappa shape index (κ3) is 3.23. The molecule has 1 amide bonds. The van der Waals surface area contributed by atoms with E-state index < -0.39 is 11.5 Å². The fraction of sp³-hybridized carbons (Fsp3) is 0.0769. The van der Waals surface area contributed by atoms with Crippen molar-refractivity contribution in [2.75, 3.05) is 0 Å². The van der Waals surface area contributed by atoms with E-state index in [9.17, 15) is 14.7 Å². The summed E-state index contributed by atoms with van der Waals surface area (Å²) in [6.45, 7) is 0. The molecule has 1 aromatic heterocycles. The molecule has 0 spiro atoms. The monoisotopic (exact) mass is 304 g/mol. The van der Waals surface area contributed by atoms with Crippen LogP contribution in [-0.4, -0.2) is 26.8 Å². The molecule has 0 aliphatic carbocycles. The number of nitrogens with one attached hydrogen (secondary N) is 2. The first-order valence-corrected chi connectivity index (χ1v) is 6.32. The van der Waals surface area contributed by atoms with Gasteiger partial charge in [0.1, 0.15) is 5.56 Å². The Bertz CT molecular complexity index is 808. The van der Waals surface area contributed by atoms with Crippen molar-refractivity contribution in [1.29, 1.82) is 0 Å². The van der Waals surface area contributed by atoms with Gasteiger partial charge >= 0.3 is 0 Å². The highest BCUT2D eigenvalue weighted by Crippen LogP contribution is 2.08. The minimum Gasteiger partial charge on any atom is -0.494 e. The SMILES string of the molecule is Cn1c(O)c(/C=N/NC(=O)c2ccccc2)c(=O)[nH]c1=S. The predicted octanol–water partition coefficient (Wildman–Crippen LogP) is 0.912. The fourth-order valence-electron chi connectivity index (χ4n) is 1.55. The van der Waals surface area contributed by atoms with Crippen molar-refractivity contribution in [3.63, 3.8) is 0 Å². The van der Waals surface area contributed by atoms with Gasteiger partial charge in [-0.3, -0.25) is 19.1 Å². The van der Waals surface area contributed by atoms with E-state index in [0.717, 1.165) is 6.21 Å². The van der Waals surface area contributed by atoms with E-state index in [4.69, 9.17) is 12.2 Å². The molecule has 0 aliphatic heterocycles. The Morgan fingerprint density at radius 2 is 2.10 bits per heavy atom. The van der Waals surface area contributed by atoms with E-state index in [0.29, 0.717) is 5.56 Å². The van der Waals surface area contributed by atoms with Gasteiger partial charge in [-0.25, -0.2) is 5.43 Å². The molecule has 0 saturated heterocycles. The normalized spacial score (nSPS) is 10.7. The Kier molecular flexibility index (Phi) is 4.29. The zero-order valence-electron chi connectivity index (χ0n) is 11.0. The second kappa shape index (κ2) is 6.14. The summed E-state index contributed by atoms with van der Waals surface area (Å²) < 4.78 is 1.31. The van der Waals surface area contributed by atoms with E-state index in [1.807, 2.05) is 0 Å². The number of benzene rings is 1. The van der Waals surface area contributed by atoms with Gasteiger partial charge in [0.05, 0.1) is 6.21 Å². The molecule has 2 aromatic rings. The van der Waals surface area contributed by atoms with Gasteiger partial charge in [-0.15, -0.1) is 0 Å². The molecule has 0 radical (unpaired) electrons. The second-order valence-corrected chi connectivity index (χ2v) is 4.51. The Morgan fingerprint density at radius 1 is 1.43 bits per heavy atom. The summed E-state index contributed by atoms with van der Waals surface area (Å²) in [6, 6.07) is 8.48. The molecule has 7 nitrogen and oxygen atoms in total. The highest BCUT2D eigenvalue weighted by Gasteiger charge is 2.08. The minimum absolute atomic E-state index is 0.0861. The molecular weight excluding hydrogens is 292 g/mol. The molecule has 0 saturated carbocycles. The van der Waals surface area contributed by atoms with E-state index in [1.165, 1.54) is 11.6 Å². The first-order chi connectivity index (χ1) is 10.0. The van der Waals surface area contributed by atoms with Gasteiger partial charge in [-0.1, -0.05) is 18.2 Å². The Labute approximate surface area is 124 Å². The van der Waals surface area contributed by atoms with Crippen LogP contribution < -0.4 is 11.0 Å². The van der Waals surface area contributed by atoms with Crippen molar-refractivity contribution in [1.82, 2.24) is 15.0 Å². The zero-order valence-corrected chi connectivity index (χ0v) is 11.8. The standard InChI is InChI=1S/C13H12N4O3S/c1-17-12(20)9(11(19)15-13(17)21)7-14-16-10(18)8-5-3-2-4-6-8/h2-7,20H,1H3,(H,16,18)(H,15,19,21)/b14-7+. The van der Waals surface area contributed by atoms with Crippen LogP contribution in [0.2, 0.25) is 0 Å². The van der Waals surface area contributed by atoms with Crippen LogP contribution in [0, 0.1) is 4.77 Å². The molecule has 0 bridgehead atoms. The smallest absolute Gasteiger partial charge is 0.271 e. The number of nitrogens with zero attached hydrogens (tertiary/aromatic N) is 2. The number of carbonyl (C=O) groups excluding carboxylic acids is 1. The first kappa shape index (κ1) is 14.7. The lowest BCUT2D eigenvalue weighted by atomic mass is 10.2. The highest BCUT2D eigenvalue weighted by atomic mass is 32.1. The minimum atomic E-state index is -0.590. The Morgan fingerprint density at radius 3 is 2.76 bits per heavy atom. The quantitative estimate of drug-likeness (QED) is 0.446. The van der Waals surface area contributed by atoms with Gasteiger partial charge in [0, 0.05) is 12.6 Å². The first-order valence-electron chi connectivity index (χ1n) is 5.91. The summed E-state index contributed by atoms with van der Waals surface area (Å²) >= 11 is 4.84. The van der Waals surface area contributed by atoms with Crippen molar-refractivity contribution >= 4 is 24.3 Å². The number of rotatable bonds is 3. The summed E-state index contributed by atoms with van der Waals surface area (Å²) in [5.74, 6) is -0.756. The lowest BCUT2D eigenvalue weighted by Crippen LogP contribution is -2.20. The molecule has 108 valence electrons. The van der Waals surface area contributed by atoms with E-state index in [1.54, 1.807) is 30.3 Å².